The first-order valence-corrected chi connectivity index (χ1v) is 9.08. The van der Waals surface area contributed by atoms with Gasteiger partial charge in [0.05, 0.1) is 12.2 Å². The molecule has 0 radical (unpaired) electrons. The molecule has 1 aliphatic heterocycles. The quantitative estimate of drug-likeness (QED) is 0.930. The van der Waals surface area contributed by atoms with Crippen molar-refractivity contribution in [2.45, 2.75) is 44.6 Å². The van der Waals surface area contributed by atoms with Gasteiger partial charge in [0.25, 0.3) is 0 Å². The topological polar surface area (TPSA) is 77.0 Å². The van der Waals surface area contributed by atoms with Crippen molar-refractivity contribution >= 4 is 16.9 Å². The van der Waals surface area contributed by atoms with Gasteiger partial charge >= 0.3 is 0 Å². The van der Waals surface area contributed by atoms with E-state index in [4.69, 9.17) is 10.8 Å². The summed E-state index contributed by atoms with van der Waals surface area (Å²) in [7, 11) is 0. The number of nitrogens with two attached hydrogens (primary N) is 1. The molecule has 24 heavy (non-hydrogen) atoms. The fourth-order valence-electron chi connectivity index (χ4n) is 4.23. The lowest BCUT2D eigenvalue weighted by atomic mass is 10.0. The van der Waals surface area contributed by atoms with E-state index in [1.54, 1.807) is 6.20 Å². The van der Waals surface area contributed by atoms with Gasteiger partial charge < -0.3 is 10.6 Å². The Labute approximate surface area is 142 Å². The summed E-state index contributed by atoms with van der Waals surface area (Å²) >= 11 is 0. The molecule has 2 aliphatic rings. The summed E-state index contributed by atoms with van der Waals surface area (Å²) in [6.07, 6.45) is 7.32. The molecule has 0 bridgehead atoms. The molecule has 128 valence electrons. The summed E-state index contributed by atoms with van der Waals surface area (Å²) in [5.74, 6) is 0.928. The van der Waals surface area contributed by atoms with Crippen LogP contribution in [0.4, 0.5) is 0 Å². The maximum Gasteiger partial charge on any atom is 0.225 e. The first-order valence-electron chi connectivity index (χ1n) is 9.08. The smallest absolute Gasteiger partial charge is 0.225 e. The molecule has 1 amide bonds. The van der Waals surface area contributed by atoms with Gasteiger partial charge in [0.15, 0.2) is 5.65 Å². The molecule has 4 rings (SSSR count). The van der Waals surface area contributed by atoms with Gasteiger partial charge in [-0.05, 0) is 31.4 Å². The van der Waals surface area contributed by atoms with Crippen LogP contribution < -0.4 is 5.73 Å². The van der Waals surface area contributed by atoms with Crippen LogP contribution in [0.1, 0.15) is 43.7 Å². The average molecular weight is 327 g/mol. The number of nitrogens with zero attached hydrogens (tertiary/aromatic N) is 4. The standard InChI is InChI=1S/C18H25N5O/c19-8-11-23-17-15(6-3-9-20-17)16(21-23)14-7-10-22(12-14)18(24)13-4-1-2-5-13/h3,6,9,13-14H,1-2,4-5,7-8,10-12,19H2/t14-/m0/s1. The molecule has 3 heterocycles. The summed E-state index contributed by atoms with van der Waals surface area (Å²) in [4.78, 5) is 19.2. The number of pyridine rings is 1. The third-order valence-corrected chi connectivity index (χ3v) is 5.47. The lowest BCUT2D eigenvalue weighted by molar-refractivity contribution is -0.134. The van der Waals surface area contributed by atoms with Gasteiger partial charge in [-0.3, -0.25) is 4.79 Å². The van der Waals surface area contributed by atoms with E-state index in [2.05, 4.69) is 16.0 Å². The van der Waals surface area contributed by atoms with Crippen molar-refractivity contribution in [2.75, 3.05) is 19.6 Å². The minimum atomic E-state index is 0.261. The van der Waals surface area contributed by atoms with Gasteiger partial charge in [-0.15, -0.1) is 0 Å². The van der Waals surface area contributed by atoms with Crippen molar-refractivity contribution in [1.29, 1.82) is 0 Å². The number of hydrogen-bond donors (Lipinski definition) is 1. The summed E-state index contributed by atoms with van der Waals surface area (Å²) in [5.41, 5.74) is 7.68. The minimum Gasteiger partial charge on any atom is -0.342 e. The van der Waals surface area contributed by atoms with E-state index in [1.165, 1.54) is 12.8 Å². The summed E-state index contributed by atoms with van der Waals surface area (Å²) in [5, 5.41) is 5.89. The Kier molecular flexibility index (Phi) is 4.22. The first kappa shape index (κ1) is 15.6. The van der Waals surface area contributed by atoms with Crippen molar-refractivity contribution in [3.8, 4) is 0 Å². The van der Waals surface area contributed by atoms with Gasteiger partial charge in [-0.25, -0.2) is 9.67 Å². The number of amides is 1. The van der Waals surface area contributed by atoms with E-state index in [-0.39, 0.29) is 5.92 Å². The first-order chi connectivity index (χ1) is 11.8. The van der Waals surface area contributed by atoms with Crippen molar-refractivity contribution in [1.82, 2.24) is 19.7 Å². The molecule has 1 saturated carbocycles. The molecule has 0 aromatic carbocycles. The van der Waals surface area contributed by atoms with Crippen LogP contribution in [0.15, 0.2) is 18.3 Å². The Hall–Kier alpha value is -1.95. The monoisotopic (exact) mass is 327 g/mol. The largest absolute Gasteiger partial charge is 0.342 e. The Morgan fingerprint density at radius 1 is 1.29 bits per heavy atom. The second-order valence-electron chi connectivity index (χ2n) is 7.02. The van der Waals surface area contributed by atoms with E-state index < -0.39 is 0 Å². The van der Waals surface area contributed by atoms with E-state index >= 15 is 0 Å². The highest BCUT2D eigenvalue weighted by molar-refractivity contribution is 5.81. The molecular weight excluding hydrogens is 302 g/mol. The molecule has 1 aliphatic carbocycles. The normalized spacial score (nSPS) is 21.9. The number of carbonyl (C=O) groups excluding carboxylic acids is 1. The molecular formula is C18H25N5O. The number of likely N-dealkylation sites (tertiary alicyclic amines) is 1. The van der Waals surface area contributed by atoms with Gasteiger partial charge in [-0.2, -0.15) is 5.10 Å². The molecule has 2 aromatic heterocycles. The number of aromatic nitrogens is 3. The summed E-state index contributed by atoms with van der Waals surface area (Å²) in [6.45, 7) is 2.86. The maximum absolute atomic E-state index is 12.7. The highest BCUT2D eigenvalue weighted by atomic mass is 16.2. The van der Waals surface area contributed by atoms with E-state index in [0.717, 1.165) is 49.1 Å². The van der Waals surface area contributed by atoms with Crippen LogP contribution in [-0.4, -0.2) is 45.2 Å². The number of fused-ring (bicyclic) bond motifs is 1. The number of hydrogen-bond acceptors (Lipinski definition) is 4. The Morgan fingerprint density at radius 3 is 2.92 bits per heavy atom. The second-order valence-corrected chi connectivity index (χ2v) is 7.02. The zero-order valence-electron chi connectivity index (χ0n) is 14.0. The van der Waals surface area contributed by atoms with Crippen molar-refractivity contribution in [3.63, 3.8) is 0 Å². The van der Waals surface area contributed by atoms with Gasteiger partial charge in [-0.1, -0.05) is 12.8 Å². The predicted molar refractivity (Wildman–Crippen MR) is 92.5 cm³/mol. The molecule has 0 spiro atoms. The second kappa shape index (κ2) is 6.51. The number of carbonyl (C=O) groups is 1. The Balaban J connectivity index is 1.56. The third-order valence-electron chi connectivity index (χ3n) is 5.47. The Bertz CT molecular complexity index is 734. The molecule has 2 N–H and O–H groups in total. The molecule has 6 nitrogen and oxygen atoms in total. The summed E-state index contributed by atoms with van der Waals surface area (Å²) in [6, 6.07) is 4.04. The Morgan fingerprint density at radius 2 is 2.12 bits per heavy atom. The van der Waals surface area contributed by atoms with Crippen LogP contribution in [-0.2, 0) is 11.3 Å². The molecule has 6 heteroatoms. The maximum atomic E-state index is 12.7. The van der Waals surface area contributed by atoms with Crippen LogP contribution in [0.25, 0.3) is 11.0 Å². The highest BCUT2D eigenvalue weighted by Crippen LogP contribution is 2.34. The fourth-order valence-corrected chi connectivity index (χ4v) is 4.23. The molecule has 1 saturated heterocycles. The van der Waals surface area contributed by atoms with Crippen LogP contribution in [0.2, 0.25) is 0 Å². The zero-order valence-corrected chi connectivity index (χ0v) is 14.0. The van der Waals surface area contributed by atoms with Crippen molar-refractivity contribution in [2.24, 2.45) is 11.7 Å². The van der Waals surface area contributed by atoms with Gasteiger partial charge in [0.1, 0.15) is 0 Å². The lowest BCUT2D eigenvalue weighted by Gasteiger charge is -2.20. The highest BCUT2D eigenvalue weighted by Gasteiger charge is 2.34. The summed E-state index contributed by atoms with van der Waals surface area (Å²) < 4.78 is 1.91. The lowest BCUT2D eigenvalue weighted by Crippen LogP contribution is -2.33. The van der Waals surface area contributed by atoms with Crippen molar-refractivity contribution < 1.29 is 4.79 Å². The van der Waals surface area contributed by atoms with E-state index in [9.17, 15) is 4.79 Å². The minimum absolute atomic E-state index is 0.261. The fraction of sp³-hybridized carbons (Fsp3) is 0.611. The van der Waals surface area contributed by atoms with Crippen LogP contribution in [0, 0.1) is 5.92 Å². The van der Waals surface area contributed by atoms with E-state index in [0.29, 0.717) is 24.9 Å². The molecule has 2 aromatic rings. The predicted octanol–water partition coefficient (Wildman–Crippen LogP) is 1.90. The molecule has 1 atom stereocenters. The van der Waals surface area contributed by atoms with Gasteiger partial charge in [0, 0.05) is 43.1 Å². The van der Waals surface area contributed by atoms with Crippen LogP contribution >= 0.6 is 0 Å². The average Bonchev–Trinajstić information content (AvgIpc) is 3.35. The SMILES string of the molecule is NCCn1nc([C@H]2CCN(C(=O)C3CCCC3)C2)c2cccnc21. The zero-order chi connectivity index (χ0) is 16.5. The van der Waals surface area contributed by atoms with Crippen molar-refractivity contribution in [3.05, 3.63) is 24.0 Å². The molecule has 0 unspecified atom stereocenters. The third kappa shape index (κ3) is 2.69. The molecule has 2 fully saturated rings. The van der Waals surface area contributed by atoms with Crippen LogP contribution in [0.5, 0.6) is 0 Å². The van der Waals surface area contributed by atoms with E-state index in [1.807, 2.05) is 10.7 Å². The van der Waals surface area contributed by atoms with Gasteiger partial charge in [0.2, 0.25) is 5.91 Å². The number of rotatable bonds is 4. The van der Waals surface area contributed by atoms with Crippen LogP contribution in [0.3, 0.4) is 0 Å².